The van der Waals surface area contributed by atoms with Crippen molar-refractivity contribution < 1.29 is 0 Å². The lowest BCUT2D eigenvalue weighted by Crippen LogP contribution is -1.79. The lowest BCUT2D eigenvalue weighted by atomic mass is 10.1. The van der Waals surface area contributed by atoms with Gasteiger partial charge < -0.3 is 0 Å². The van der Waals surface area contributed by atoms with Crippen LogP contribution in [0, 0.1) is 6.08 Å². The fourth-order valence-corrected chi connectivity index (χ4v) is 2.90. The average molecular weight is 320 g/mol. The van der Waals surface area contributed by atoms with Crippen LogP contribution < -0.4 is 0 Å². The van der Waals surface area contributed by atoms with Gasteiger partial charge >= 0.3 is 0 Å². The lowest BCUT2D eigenvalue weighted by molar-refractivity contribution is 0.577. The molecule has 0 N–H and O–H groups in total. The molecule has 0 aliphatic heterocycles. The van der Waals surface area contributed by atoms with E-state index in [1.807, 2.05) is 0 Å². The Morgan fingerprint density at radius 1 is 0.522 bits per heavy atom. The van der Waals surface area contributed by atoms with Gasteiger partial charge in [-0.3, -0.25) is 0 Å². The topological polar surface area (TPSA) is 0 Å². The molecule has 0 aromatic carbocycles. The lowest BCUT2D eigenvalue weighted by Gasteiger charge is -1.99. The summed E-state index contributed by atoms with van der Waals surface area (Å²) in [6.07, 6.45) is 33.4. The zero-order chi connectivity index (χ0) is 16.8. The summed E-state index contributed by atoms with van der Waals surface area (Å²) in [4.78, 5) is 0. The molecular weight excluding hydrogens is 276 g/mol. The van der Waals surface area contributed by atoms with E-state index >= 15 is 0 Å². The number of unbranched alkanes of at least 4 members (excludes halogenated alkanes) is 15. The van der Waals surface area contributed by atoms with Gasteiger partial charge in [0.2, 0.25) is 0 Å². The summed E-state index contributed by atoms with van der Waals surface area (Å²) in [5.41, 5.74) is 0. The molecule has 0 heteroatoms. The van der Waals surface area contributed by atoms with Crippen molar-refractivity contribution in [3.63, 3.8) is 0 Å². The van der Waals surface area contributed by atoms with Crippen molar-refractivity contribution in [1.29, 1.82) is 0 Å². The van der Waals surface area contributed by atoms with Gasteiger partial charge in [-0.1, -0.05) is 116 Å². The van der Waals surface area contributed by atoms with Crippen LogP contribution in [-0.2, 0) is 0 Å². The summed E-state index contributed by atoms with van der Waals surface area (Å²) in [6, 6.07) is 0. The summed E-state index contributed by atoms with van der Waals surface area (Å²) in [7, 11) is 0. The molecule has 135 valence electrons. The Kier molecular flexibility index (Phi) is 21.0. The van der Waals surface area contributed by atoms with Gasteiger partial charge in [0.1, 0.15) is 0 Å². The first-order valence-corrected chi connectivity index (χ1v) is 10.6. The molecule has 1 radical (unpaired) electrons. The first-order valence-electron chi connectivity index (χ1n) is 10.6. The number of hydrogen-bond donors (Lipinski definition) is 0. The van der Waals surface area contributed by atoms with Gasteiger partial charge in [0.25, 0.3) is 0 Å². The summed E-state index contributed by atoms with van der Waals surface area (Å²) in [5, 5.41) is 0. The molecule has 0 saturated heterocycles. The summed E-state index contributed by atoms with van der Waals surface area (Å²) >= 11 is 0. The maximum Gasteiger partial charge on any atom is -0.0230 e. The minimum Gasteiger partial charge on any atom is -0.0839 e. The monoisotopic (exact) mass is 319 g/mol. The second kappa shape index (κ2) is 21.5. The molecular formula is C23H43. The Balaban J connectivity index is 3.15. The minimum absolute atomic E-state index is 1.20. The van der Waals surface area contributed by atoms with E-state index in [0.717, 1.165) is 0 Å². The third kappa shape index (κ3) is 21.5. The van der Waals surface area contributed by atoms with E-state index in [1.54, 1.807) is 0 Å². The van der Waals surface area contributed by atoms with Crippen molar-refractivity contribution >= 4 is 0 Å². The quantitative estimate of drug-likeness (QED) is 0.175. The molecule has 0 aliphatic carbocycles. The van der Waals surface area contributed by atoms with Crippen LogP contribution >= 0.6 is 0 Å². The molecule has 0 aromatic rings. The maximum atomic E-state index is 3.32. The van der Waals surface area contributed by atoms with E-state index in [2.05, 4.69) is 38.2 Å². The molecule has 0 saturated carbocycles. The van der Waals surface area contributed by atoms with E-state index in [9.17, 15) is 0 Å². The Labute approximate surface area is 147 Å². The fraction of sp³-hybridized carbons (Fsp3) is 0.826. The highest BCUT2D eigenvalue weighted by atomic mass is 14.0. The van der Waals surface area contributed by atoms with Crippen LogP contribution in [0.15, 0.2) is 18.2 Å². The predicted octanol–water partition coefficient (Wildman–Crippen LogP) is 8.57. The number of rotatable bonds is 18. The van der Waals surface area contributed by atoms with E-state index in [-0.39, 0.29) is 0 Å². The molecule has 0 aliphatic rings. The first kappa shape index (κ1) is 22.5. The predicted molar refractivity (Wildman–Crippen MR) is 107 cm³/mol. The van der Waals surface area contributed by atoms with Gasteiger partial charge in [0, 0.05) is 0 Å². The van der Waals surface area contributed by atoms with Gasteiger partial charge in [-0.05, 0) is 31.8 Å². The van der Waals surface area contributed by atoms with Crippen molar-refractivity contribution in [3.8, 4) is 0 Å². The summed E-state index contributed by atoms with van der Waals surface area (Å²) < 4.78 is 0. The molecule has 0 heterocycles. The van der Waals surface area contributed by atoms with Gasteiger partial charge in [-0.25, -0.2) is 0 Å². The molecule has 0 unspecified atom stereocenters. The zero-order valence-electron chi connectivity index (χ0n) is 16.3. The van der Waals surface area contributed by atoms with Crippen LogP contribution in [0.4, 0.5) is 0 Å². The fourth-order valence-electron chi connectivity index (χ4n) is 2.90. The average Bonchev–Trinajstić information content (AvgIpc) is 2.57. The molecule has 0 nitrogen and oxygen atoms in total. The number of hydrogen-bond acceptors (Lipinski definition) is 0. The largest absolute Gasteiger partial charge is 0.0839 e. The molecule has 0 rings (SSSR count). The normalized spacial score (nSPS) is 11.9. The Bertz CT molecular complexity index is 249. The molecule has 0 aromatic heterocycles. The van der Waals surface area contributed by atoms with Crippen molar-refractivity contribution in [1.82, 2.24) is 0 Å². The van der Waals surface area contributed by atoms with Gasteiger partial charge in [0.15, 0.2) is 0 Å². The second-order valence-corrected chi connectivity index (χ2v) is 6.95. The van der Waals surface area contributed by atoms with Gasteiger partial charge in [-0.15, -0.1) is 0 Å². The smallest absolute Gasteiger partial charge is 0.0230 e. The molecule has 0 atom stereocenters. The minimum atomic E-state index is 1.20. The molecule has 0 amide bonds. The first-order chi connectivity index (χ1) is 11.4. The SMILES string of the molecule is CCCCCCCCC/C=[C]/C=CCCCCCCCCCC. The Hall–Kier alpha value is -0.520. The van der Waals surface area contributed by atoms with Crippen molar-refractivity contribution in [2.45, 2.75) is 123 Å². The van der Waals surface area contributed by atoms with Crippen LogP contribution in [0.25, 0.3) is 0 Å². The molecule has 23 heavy (non-hydrogen) atoms. The van der Waals surface area contributed by atoms with Crippen LogP contribution in [-0.4, -0.2) is 0 Å². The van der Waals surface area contributed by atoms with E-state index in [1.165, 1.54) is 109 Å². The summed E-state index contributed by atoms with van der Waals surface area (Å²) in [5.74, 6) is 0. The van der Waals surface area contributed by atoms with Gasteiger partial charge in [-0.2, -0.15) is 0 Å². The maximum absolute atomic E-state index is 3.32. The highest BCUT2D eigenvalue weighted by Gasteiger charge is 1.90. The van der Waals surface area contributed by atoms with Crippen LogP contribution in [0.3, 0.4) is 0 Å². The Morgan fingerprint density at radius 2 is 0.957 bits per heavy atom. The van der Waals surface area contributed by atoms with Crippen LogP contribution in [0.2, 0.25) is 0 Å². The third-order valence-electron chi connectivity index (χ3n) is 4.51. The highest BCUT2D eigenvalue weighted by Crippen LogP contribution is 2.10. The zero-order valence-corrected chi connectivity index (χ0v) is 16.3. The third-order valence-corrected chi connectivity index (χ3v) is 4.51. The van der Waals surface area contributed by atoms with E-state index in [0.29, 0.717) is 0 Å². The van der Waals surface area contributed by atoms with E-state index < -0.39 is 0 Å². The van der Waals surface area contributed by atoms with Crippen molar-refractivity contribution in [2.75, 3.05) is 0 Å². The van der Waals surface area contributed by atoms with Gasteiger partial charge in [0.05, 0.1) is 0 Å². The second-order valence-electron chi connectivity index (χ2n) is 6.95. The standard InChI is InChI=1S/C23H43/c1-3-5-7-9-11-13-15-17-19-21-23-22-20-18-16-14-12-10-8-6-4-2/h19,22-23H,3-18,20H2,1-2H3. The van der Waals surface area contributed by atoms with Crippen molar-refractivity contribution in [2.24, 2.45) is 0 Å². The molecule has 0 fully saturated rings. The summed E-state index contributed by atoms with van der Waals surface area (Å²) in [6.45, 7) is 4.56. The Morgan fingerprint density at radius 3 is 1.48 bits per heavy atom. The van der Waals surface area contributed by atoms with E-state index in [4.69, 9.17) is 0 Å². The number of allylic oxidation sites excluding steroid dienone is 4. The van der Waals surface area contributed by atoms with Crippen LogP contribution in [0.1, 0.15) is 123 Å². The highest BCUT2D eigenvalue weighted by molar-refractivity contribution is 4.94. The van der Waals surface area contributed by atoms with Crippen LogP contribution in [0.5, 0.6) is 0 Å². The molecule has 0 spiro atoms. The molecule has 0 bridgehead atoms. The van der Waals surface area contributed by atoms with Crippen molar-refractivity contribution in [3.05, 3.63) is 24.3 Å².